The van der Waals surface area contributed by atoms with E-state index in [1.165, 1.54) is 4.90 Å². The van der Waals surface area contributed by atoms with Gasteiger partial charge in [0.25, 0.3) is 11.8 Å². The van der Waals surface area contributed by atoms with Crippen LogP contribution in [0.15, 0.2) is 53.1 Å². The molecule has 0 saturated carbocycles. The Morgan fingerprint density at radius 3 is 2.61 bits per heavy atom. The lowest BCUT2D eigenvalue weighted by molar-refractivity contribution is 0.0828. The van der Waals surface area contributed by atoms with Gasteiger partial charge in [-0.3, -0.25) is 4.79 Å². The third-order valence-electron chi connectivity index (χ3n) is 3.50. The summed E-state index contributed by atoms with van der Waals surface area (Å²) in [5.74, 6) is 0.749. The van der Waals surface area contributed by atoms with Crippen molar-refractivity contribution in [1.82, 2.24) is 15.0 Å². The minimum atomic E-state index is -0.101. The van der Waals surface area contributed by atoms with Crippen LogP contribution in [0.25, 0.3) is 22.8 Å². The van der Waals surface area contributed by atoms with Crippen molar-refractivity contribution >= 4 is 5.91 Å². The lowest BCUT2D eigenvalue weighted by atomic mass is 10.1. The smallest absolute Gasteiger partial charge is 0.259 e. The second-order valence-electron chi connectivity index (χ2n) is 5.54. The molecule has 5 heteroatoms. The number of nitrogens with zero attached hydrogens (tertiary/aromatic N) is 3. The van der Waals surface area contributed by atoms with Crippen molar-refractivity contribution in [3.63, 3.8) is 0 Å². The summed E-state index contributed by atoms with van der Waals surface area (Å²) < 4.78 is 5.38. The predicted molar refractivity (Wildman–Crippen MR) is 87.9 cm³/mol. The normalized spacial score (nSPS) is 10.6. The first-order valence-electron chi connectivity index (χ1n) is 7.28. The molecule has 3 rings (SSSR count). The molecule has 0 atom stereocenters. The molecule has 116 valence electrons. The Balaban J connectivity index is 2.03. The fraction of sp³-hybridized carbons (Fsp3) is 0.167. The molecule has 0 N–H and O–H groups in total. The highest BCUT2D eigenvalue weighted by Gasteiger charge is 2.19. The molecule has 0 bridgehead atoms. The first-order valence-corrected chi connectivity index (χ1v) is 7.28. The maximum absolute atomic E-state index is 12.3. The Hall–Kier alpha value is -2.95. The van der Waals surface area contributed by atoms with Gasteiger partial charge in [-0.05, 0) is 25.1 Å². The summed E-state index contributed by atoms with van der Waals surface area (Å²) in [5, 5.41) is 4.04. The zero-order chi connectivity index (χ0) is 16.4. The average molecular weight is 307 g/mol. The topological polar surface area (TPSA) is 59.2 Å². The second-order valence-corrected chi connectivity index (χ2v) is 5.54. The highest BCUT2D eigenvalue weighted by atomic mass is 16.5. The molecule has 0 aliphatic carbocycles. The van der Waals surface area contributed by atoms with Crippen LogP contribution in [0, 0.1) is 6.92 Å². The predicted octanol–water partition coefficient (Wildman–Crippen LogP) is 3.41. The van der Waals surface area contributed by atoms with Crippen LogP contribution in [0.4, 0.5) is 0 Å². The first-order chi connectivity index (χ1) is 11.1. The fourth-order valence-electron chi connectivity index (χ4n) is 2.33. The first kappa shape index (κ1) is 15.0. The summed E-state index contributed by atoms with van der Waals surface area (Å²) >= 11 is 0. The van der Waals surface area contributed by atoms with E-state index in [1.807, 2.05) is 49.4 Å². The van der Waals surface area contributed by atoms with Crippen LogP contribution in [-0.2, 0) is 0 Å². The van der Waals surface area contributed by atoms with Crippen LogP contribution >= 0.6 is 0 Å². The van der Waals surface area contributed by atoms with E-state index in [4.69, 9.17) is 4.52 Å². The second kappa shape index (κ2) is 6.04. The number of aromatic nitrogens is 2. The van der Waals surface area contributed by atoms with Gasteiger partial charge in [-0.15, -0.1) is 0 Å². The van der Waals surface area contributed by atoms with Gasteiger partial charge in [0.1, 0.15) is 0 Å². The number of carbonyl (C=O) groups is 1. The molecule has 1 heterocycles. The lowest BCUT2D eigenvalue weighted by Crippen LogP contribution is -2.22. The number of aryl methyl sites for hydroxylation is 1. The van der Waals surface area contributed by atoms with E-state index < -0.39 is 0 Å². The highest BCUT2D eigenvalue weighted by molar-refractivity contribution is 5.99. The molecule has 0 saturated heterocycles. The van der Waals surface area contributed by atoms with Crippen LogP contribution in [0.5, 0.6) is 0 Å². The minimum absolute atomic E-state index is 0.101. The quantitative estimate of drug-likeness (QED) is 0.744. The van der Waals surface area contributed by atoms with E-state index in [-0.39, 0.29) is 5.91 Å². The van der Waals surface area contributed by atoms with Crippen molar-refractivity contribution in [1.29, 1.82) is 0 Å². The standard InChI is InChI=1S/C18H17N3O2/c1-12-7-6-8-13(11-12)16-19-17(23-20-16)14-9-4-5-10-15(14)18(22)21(2)3/h4-11H,1-3H3. The molecule has 0 radical (unpaired) electrons. The largest absolute Gasteiger partial charge is 0.345 e. The van der Waals surface area contributed by atoms with Gasteiger partial charge in [-0.2, -0.15) is 4.98 Å². The van der Waals surface area contributed by atoms with Gasteiger partial charge in [-0.25, -0.2) is 0 Å². The molecule has 5 nitrogen and oxygen atoms in total. The van der Waals surface area contributed by atoms with Gasteiger partial charge in [0.2, 0.25) is 5.82 Å². The van der Waals surface area contributed by atoms with Crippen LogP contribution in [-0.4, -0.2) is 35.0 Å². The number of hydrogen-bond acceptors (Lipinski definition) is 4. The lowest BCUT2D eigenvalue weighted by Gasteiger charge is -2.11. The average Bonchev–Trinajstić information content (AvgIpc) is 3.04. The molecule has 23 heavy (non-hydrogen) atoms. The van der Waals surface area contributed by atoms with Gasteiger partial charge in [-0.1, -0.05) is 41.1 Å². The molecule has 2 aromatic carbocycles. The van der Waals surface area contributed by atoms with Crippen molar-refractivity contribution in [2.45, 2.75) is 6.92 Å². The van der Waals surface area contributed by atoms with Crippen molar-refractivity contribution < 1.29 is 9.32 Å². The molecular weight excluding hydrogens is 290 g/mol. The number of carbonyl (C=O) groups excluding carboxylic acids is 1. The van der Waals surface area contributed by atoms with Gasteiger partial charge < -0.3 is 9.42 Å². The molecule has 1 aromatic heterocycles. The van der Waals surface area contributed by atoms with Gasteiger partial charge in [0, 0.05) is 19.7 Å². The van der Waals surface area contributed by atoms with E-state index in [0.29, 0.717) is 22.8 Å². The minimum Gasteiger partial charge on any atom is -0.345 e. The van der Waals surface area contributed by atoms with Crippen molar-refractivity contribution in [3.8, 4) is 22.8 Å². The van der Waals surface area contributed by atoms with E-state index in [0.717, 1.165) is 11.1 Å². The SMILES string of the molecule is Cc1cccc(-c2noc(-c3ccccc3C(=O)N(C)C)n2)c1. The van der Waals surface area contributed by atoms with Gasteiger partial charge in [0.15, 0.2) is 0 Å². The molecule has 3 aromatic rings. The van der Waals surface area contributed by atoms with Crippen LogP contribution in [0.1, 0.15) is 15.9 Å². The maximum atomic E-state index is 12.3. The van der Waals surface area contributed by atoms with Gasteiger partial charge in [0.05, 0.1) is 11.1 Å². The molecule has 0 fully saturated rings. The molecule has 0 aliphatic heterocycles. The van der Waals surface area contributed by atoms with E-state index in [9.17, 15) is 4.79 Å². The van der Waals surface area contributed by atoms with Crippen LogP contribution in [0.3, 0.4) is 0 Å². The summed E-state index contributed by atoms with van der Waals surface area (Å²) in [7, 11) is 3.43. The monoisotopic (exact) mass is 307 g/mol. The summed E-state index contributed by atoms with van der Waals surface area (Å²) in [6.07, 6.45) is 0. The summed E-state index contributed by atoms with van der Waals surface area (Å²) in [4.78, 5) is 18.3. The zero-order valence-corrected chi connectivity index (χ0v) is 13.3. The summed E-state index contributed by atoms with van der Waals surface area (Å²) in [5.41, 5.74) is 3.18. The molecule has 1 amide bonds. The third-order valence-corrected chi connectivity index (χ3v) is 3.50. The van der Waals surface area contributed by atoms with Crippen LogP contribution < -0.4 is 0 Å². The third kappa shape index (κ3) is 2.99. The van der Waals surface area contributed by atoms with Crippen molar-refractivity contribution in [2.24, 2.45) is 0 Å². The maximum Gasteiger partial charge on any atom is 0.259 e. The molecule has 0 aliphatic rings. The Morgan fingerprint density at radius 1 is 1.09 bits per heavy atom. The highest BCUT2D eigenvalue weighted by Crippen LogP contribution is 2.26. The number of rotatable bonds is 3. The van der Waals surface area contributed by atoms with E-state index in [2.05, 4.69) is 10.1 Å². The number of amides is 1. The van der Waals surface area contributed by atoms with Crippen molar-refractivity contribution in [3.05, 3.63) is 59.7 Å². The van der Waals surface area contributed by atoms with Crippen LogP contribution in [0.2, 0.25) is 0 Å². The molecular formula is C18H17N3O2. The molecule has 0 spiro atoms. The van der Waals surface area contributed by atoms with Crippen molar-refractivity contribution in [2.75, 3.05) is 14.1 Å². The van der Waals surface area contributed by atoms with Gasteiger partial charge >= 0.3 is 0 Å². The number of hydrogen-bond donors (Lipinski definition) is 0. The Morgan fingerprint density at radius 2 is 1.87 bits per heavy atom. The summed E-state index contributed by atoms with van der Waals surface area (Å²) in [6.45, 7) is 2.01. The summed E-state index contributed by atoms with van der Waals surface area (Å²) in [6, 6.07) is 15.1. The molecule has 0 unspecified atom stereocenters. The zero-order valence-electron chi connectivity index (χ0n) is 13.3. The Kier molecular flexibility index (Phi) is 3.93. The number of benzene rings is 2. The Bertz CT molecular complexity index is 853. The fourth-order valence-corrected chi connectivity index (χ4v) is 2.33. The van der Waals surface area contributed by atoms with E-state index in [1.54, 1.807) is 20.2 Å². The Labute approximate surface area is 134 Å². The van der Waals surface area contributed by atoms with E-state index >= 15 is 0 Å².